The number of nitrogens with zero attached hydrogens (tertiary/aromatic N) is 1. The van der Waals surface area contributed by atoms with Gasteiger partial charge in [-0.2, -0.15) is 0 Å². The Balaban J connectivity index is 1.63. The number of rotatable bonds is 5. The number of benzene rings is 3. The maximum Gasteiger partial charge on any atom is 0.115 e. The van der Waals surface area contributed by atoms with E-state index in [1.807, 2.05) is 30.3 Å². The van der Waals surface area contributed by atoms with Crippen LogP contribution in [-0.4, -0.2) is 9.67 Å². The third kappa shape index (κ3) is 3.39. The molecule has 0 spiro atoms. The van der Waals surface area contributed by atoms with Gasteiger partial charge in [0.15, 0.2) is 0 Å². The van der Waals surface area contributed by atoms with Crippen molar-refractivity contribution >= 4 is 28.2 Å². The summed E-state index contributed by atoms with van der Waals surface area (Å²) in [5, 5.41) is 14.8. The molecule has 0 saturated heterocycles. The molecule has 26 heavy (non-hydrogen) atoms. The van der Waals surface area contributed by atoms with E-state index in [4.69, 9.17) is 11.6 Å². The van der Waals surface area contributed by atoms with Crippen molar-refractivity contribution in [2.24, 2.45) is 0 Å². The molecule has 0 bridgehead atoms. The first-order valence-corrected chi connectivity index (χ1v) is 8.91. The van der Waals surface area contributed by atoms with Crippen LogP contribution in [0.1, 0.15) is 11.1 Å². The fourth-order valence-corrected chi connectivity index (χ4v) is 3.38. The summed E-state index contributed by atoms with van der Waals surface area (Å²) in [5.41, 5.74) is 4.49. The summed E-state index contributed by atoms with van der Waals surface area (Å²) in [6, 6.07) is 23.5. The van der Waals surface area contributed by atoms with Crippen molar-refractivity contribution in [2.45, 2.75) is 13.1 Å². The largest absolute Gasteiger partial charge is 0.508 e. The molecule has 0 aliphatic heterocycles. The number of hydrogen-bond donors (Lipinski definition) is 2. The molecule has 0 aliphatic rings. The van der Waals surface area contributed by atoms with Gasteiger partial charge in [0.25, 0.3) is 0 Å². The van der Waals surface area contributed by atoms with Crippen molar-refractivity contribution in [1.82, 2.24) is 4.57 Å². The SMILES string of the molecule is Oc1ccc(NCc2cn(Cc3ccccc3Cl)c3ccccc23)cc1. The van der Waals surface area contributed by atoms with Crippen LogP contribution in [0.4, 0.5) is 5.69 Å². The molecule has 0 saturated carbocycles. The van der Waals surface area contributed by atoms with Gasteiger partial charge in [-0.25, -0.2) is 0 Å². The van der Waals surface area contributed by atoms with E-state index in [-0.39, 0.29) is 5.75 Å². The van der Waals surface area contributed by atoms with Crippen LogP contribution in [-0.2, 0) is 13.1 Å². The lowest BCUT2D eigenvalue weighted by atomic mass is 10.1. The summed E-state index contributed by atoms with van der Waals surface area (Å²) in [5.74, 6) is 0.270. The molecule has 3 aromatic carbocycles. The van der Waals surface area contributed by atoms with Crippen LogP contribution in [0.3, 0.4) is 0 Å². The average molecular weight is 363 g/mol. The Labute approximate surface area is 157 Å². The van der Waals surface area contributed by atoms with Gasteiger partial charge in [-0.1, -0.05) is 48.0 Å². The zero-order valence-electron chi connectivity index (χ0n) is 14.2. The molecule has 4 aromatic rings. The molecular weight excluding hydrogens is 344 g/mol. The predicted octanol–water partition coefficient (Wildman–Crippen LogP) is 5.66. The lowest BCUT2D eigenvalue weighted by Gasteiger charge is -2.07. The third-order valence-electron chi connectivity index (χ3n) is 4.52. The molecule has 130 valence electrons. The maximum absolute atomic E-state index is 9.41. The van der Waals surface area contributed by atoms with E-state index in [2.05, 4.69) is 46.4 Å². The summed E-state index contributed by atoms with van der Waals surface area (Å²) in [4.78, 5) is 0. The second kappa shape index (κ2) is 7.14. The van der Waals surface area contributed by atoms with Gasteiger partial charge >= 0.3 is 0 Å². The first-order valence-electron chi connectivity index (χ1n) is 8.54. The Morgan fingerprint density at radius 3 is 2.38 bits per heavy atom. The summed E-state index contributed by atoms with van der Waals surface area (Å²) >= 11 is 6.34. The molecule has 0 fully saturated rings. The molecule has 1 aromatic heterocycles. The first kappa shape index (κ1) is 16.6. The van der Waals surface area contributed by atoms with Crippen molar-refractivity contribution in [2.75, 3.05) is 5.32 Å². The molecule has 4 rings (SSSR count). The van der Waals surface area contributed by atoms with Crippen LogP contribution in [0, 0.1) is 0 Å². The first-order chi connectivity index (χ1) is 12.7. The van der Waals surface area contributed by atoms with Gasteiger partial charge in [-0.15, -0.1) is 0 Å². The molecule has 0 atom stereocenters. The van der Waals surface area contributed by atoms with E-state index in [9.17, 15) is 5.11 Å². The van der Waals surface area contributed by atoms with Gasteiger partial charge in [0.2, 0.25) is 0 Å². The summed E-state index contributed by atoms with van der Waals surface area (Å²) in [6.45, 7) is 1.44. The van der Waals surface area contributed by atoms with E-state index in [1.165, 1.54) is 16.5 Å². The molecule has 0 amide bonds. The van der Waals surface area contributed by atoms with Gasteiger partial charge in [0, 0.05) is 40.9 Å². The molecule has 0 radical (unpaired) electrons. The standard InChI is InChI=1S/C22H19ClN2O/c23-21-7-3-1-5-16(21)14-25-15-17(20-6-2-4-8-22(20)25)13-24-18-9-11-19(26)12-10-18/h1-12,15,24,26H,13-14H2. The number of anilines is 1. The predicted molar refractivity (Wildman–Crippen MR) is 108 cm³/mol. The van der Waals surface area contributed by atoms with Crippen LogP contribution >= 0.6 is 11.6 Å². The number of nitrogens with one attached hydrogen (secondary N) is 1. The minimum atomic E-state index is 0.270. The maximum atomic E-state index is 9.41. The Bertz CT molecular complexity index is 1040. The van der Waals surface area contributed by atoms with Crippen LogP contribution in [0.2, 0.25) is 5.02 Å². The number of halogens is 1. The quantitative estimate of drug-likeness (QED) is 0.449. The summed E-state index contributed by atoms with van der Waals surface area (Å²) in [7, 11) is 0. The topological polar surface area (TPSA) is 37.2 Å². The van der Waals surface area contributed by atoms with E-state index in [1.54, 1.807) is 12.1 Å². The van der Waals surface area contributed by atoms with Crippen molar-refractivity contribution in [1.29, 1.82) is 0 Å². The number of aromatic nitrogens is 1. The van der Waals surface area contributed by atoms with Crippen molar-refractivity contribution in [3.05, 3.63) is 95.1 Å². The minimum Gasteiger partial charge on any atom is -0.508 e. The molecule has 4 heteroatoms. The number of fused-ring (bicyclic) bond motifs is 1. The molecule has 1 heterocycles. The fourth-order valence-electron chi connectivity index (χ4n) is 3.18. The zero-order valence-corrected chi connectivity index (χ0v) is 14.9. The number of phenolic OH excluding ortho intramolecular Hbond substituents is 1. The van der Waals surface area contributed by atoms with Gasteiger partial charge in [0.1, 0.15) is 5.75 Å². The minimum absolute atomic E-state index is 0.270. The second-order valence-corrected chi connectivity index (χ2v) is 6.70. The smallest absolute Gasteiger partial charge is 0.115 e. The highest BCUT2D eigenvalue weighted by molar-refractivity contribution is 6.31. The van der Waals surface area contributed by atoms with Gasteiger partial charge in [-0.05, 0) is 47.5 Å². The van der Waals surface area contributed by atoms with Crippen molar-refractivity contribution < 1.29 is 5.11 Å². The Morgan fingerprint density at radius 1 is 0.846 bits per heavy atom. The van der Waals surface area contributed by atoms with E-state index in [0.717, 1.165) is 22.8 Å². The molecule has 2 N–H and O–H groups in total. The third-order valence-corrected chi connectivity index (χ3v) is 4.89. The normalized spacial score (nSPS) is 11.0. The molecule has 0 unspecified atom stereocenters. The molecule has 3 nitrogen and oxygen atoms in total. The number of phenols is 1. The lowest BCUT2D eigenvalue weighted by molar-refractivity contribution is 0.475. The van der Waals surface area contributed by atoms with Crippen LogP contribution in [0.25, 0.3) is 10.9 Å². The van der Waals surface area contributed by atoms with Crippen LogP contribution < -0.4 is 5.32 Å². The highest BCUT2D eigenvalue weighted by Crippen LogP contribution is 2.25. The molecule has 0 aliphatic carbocycles. The van der Waals surface area contributed by atoms with Gasteiger partial charge in [-0.3, -0.25) is 0 Å². The summed E-state index contributed by atoms with van der Waals surface area (Å²) < 4.78 is 2.24. The number of hydrogen-bond acceptors (Lipinski definition) is 2. The van der Waals surface area contributed by atoms with Crippen molar-refractivity contribution in [3.8, 4) is 5.75 Å². The Morgan fingerprint density at radius 2 is 1.58 bits per heavy atom. The second-order valence-electron chi connectivity index (χ2n) is 6.29. The van der Waals surface area contributed by atoms with Crippen LogP contribution in [0.15, 0.2) is 79.0 Å². The number of para-hydroxylation sites is 1. The zero-order chi connectivity index (χ0) is 17.9. The Kier molecular flexibility index (Phi) is 4.55. The van der Waals surface area contributed by atoms with E-state index in [0.29, 0.717) is 6.54 Å². The summed E-state index contributed by atoms with van der Waals surface area (Å²) in [6.07, 6.45) is 2.18. The molecular formula is C22H19ClN2O. The lowest BCUT2D eigenvalue weighted by Crippen LogP contribution is -2.00. The van der Waals surface area contributed by atoms with Crippen LogP contribution in [0.5, 0.6) is 5.75 Å². The Hall–Kier alpha value is -2.91. The van der Waals surface area contributed by atoms with E-state index < -0.39 is 0 Å². The van der Waals surface area contributed by atoms with E-state index >= 15 is 0 Å². The number of aromatic hydroxyl groups is 1. The fraction of sp³-hybridized carbons (Fsp3) is 0.0909. The van der Waals surface area contributed by atoms with Gasteiger partial charge in [0.05, 0.1) is 0 Å². The van der Waals surface area contributed by atoms with Crippen molar-refractivity contribution in [3.63, 3.8) is 0 Å². The average Bonchev–Trinajstić information content (AvgIpc) is 3.01. The highest BCUT2D eigenvalue weighted by Gasteiger charge is 2.09. The monoisotopic (exact) mass is 362 g/mol. The van der Waals surface area contributed by atoms with Gasteiger partial charge < -0.3 is 15.0 Å². The highest BCUT2D eigenvalue weighted by atomic mass is 35.5.